The number of rotatable bonds is 1. The molecule has 0 unspecified atom stereocenters. The van der Waals surface area contributed by atoms with Crippen LogP contribution in [-0.4, -0.2) is 9.55 Å². The molecule has 0 bridgehead atoms. The van der Waals surface area contributed by atoms with Crippen LogP contribution in [-0.2, 0) is 6.54 Å². The first-order valence-corrected chi connectivity index (χ1v) is 4.10. The summed E-state index contributed by atoms with van der Waals surface area (Å²) in [7, 11) is 0. The molecule has 2 rings (SSSR count). The van der Waals surface area contributed by atoms with Crippen molar-refractivity contribution in [2.45, 2.75) is 13.5 Å². The Morgan fingerprint density at radius 3 is 3.15 bits per heavy atom. The molecule has 0 N–H and O–H groups in total. The highest BCUT2D eigenvalue weighted by Crippen LogP contribution is 2.13. The average molecular weight is 171 g/mol. The Bertz CT molecular complexity index is 476. The molecule has 0 radical (unpaired) electrons. The standard InChI is InChI=1S/C10H9N3/c1-8-2-3-9-10(6-8)13(5-4-11)7-12-9/h2-3,6-7H,5H2,1H3. The zero-order valence-electron chi connectivity index (χ0n) is 7.36. The second kappa shape index (κ2) is 2.91. The Morgan fingerprint density at radius 2 is 2.38 bits per heavy atom. The van der Waals surface area contributed by atoms with Crippen LogP contribution >= 0.6 is 0 Å². The van der Waals surface area contributed by atoms with Crippen molar-refractivity contribution in [1.29, 1.82) is 5.26 Å². The van der Waals surface area contributed by atoms with Gasteiger partial charge in [-0.3, -0.25) is 0 Å². The third-order valence-electron chi connectivity index (χ3n) is 2.02. The van der Waals surface area contributed by atoms with Gasteiger partial charge in [0.15, 0.2) is 0 Å². The van der Waals surface area contributed by atoms with Gasteiger partial charge in [-0.15, -0.1) is 0 Å². The SMILES string of the molecule is Cc1ccc2ncn(CC#N)c2c1. The zero-order chi connectivity index (χ0) is 9.26. The van der Waals surface area contributed by atoms with Crippen molar-refractivity contribution < 1.29 is 0 Å². The van der Waals surface area contributed by atoms with Gasteiger partial charge in [0.1, 0.15) is 6.54 Å². The lowest BCUT2D eigenvalue weighted by atomic mass is 10.2. The summed E-state index contributed by atoms with van der Waals surface area (Å²) in [6.07, 6.45) is 1.70. The number of hydrogen-bond donors (Lipinski definition) is 0. The lowest BCUT2D eigenvalue weighted by Crippen LogP contribution is -1.92. The predicted octanol–water partition coefficient (Wildman–Crippen LogP) is 1.87. The van der Waals surface area contributed by atoms with Crippen molar-refractivity contribution in [3.8, 4) is 6.07 Å². The predicted molar refractivity (Wildman–Crippen MR) is 50.1 cm³/mol. The molecule has 0 amide bonds. The third-order valence-corrected chi connectivity index (χ3v) is 2.02. The highest BCUT2D eigenvalue weighted by molar-refractivity contribution is 5.76. The van der Waals surface area contributed by atoms with Crippen LogP contribution in [0.4, 0.5) is 0 Å². The molecule has 1 aromatic heterocycles. The molecule has 13 heavy (non-hydrogen) atoms. The molecule has 0 aliphatic carbocycles. The molecule has 0 fully saturated rings. The molecule has 3 heteroatoms. The Kier molecular flexibility index (Phi) is 1.75. The Hall–Kier alpha value is -1.82. The fourth-order valence-electron chi connectivity index (χ4n) is 1.37. The molecule has 0 atom stereocenters. The van der Waals surface area contributed by atoms with E-state index < -0.39 is 0 Å². The van der Waals surface area contributed by atoms with Gasteiger partial charge in [0, 0.05) is 0 Å². The number of aromatic nitrogens is 2. The summed E-state index contributed by atoms with van der Waals surface area (Å²) in [6, 6.07) is 8.14. The number of hydrogen-bond acceptors (Lipinski definition) is 2. The van der Waals surface area contributed by atoms with E-state index in [4.69, 9.17) is 5.26 Å². The highest BCUT2D eigenvalue weighted by atomic mass is 15.0. The van der Waals surface area contributed by atoms with Gasteiger partial charge in [-0.25, -0.2) is 4.98 Å². The highest BCUT2D eigenvalue weighted by Gasteiger charge is 2.00. The summed E-state index contributed by atoms with van der Waals surface area (Å²) >= 11 is 0. The van der Waals surface area contributed by atoms with Gasteiger partial charge in [-0.1, -0.05) is 6.07 Å². The molecule has 1 aromatic carbocycles. The first-order valence-electron chi connectivity index (χ1n) is 4.10. The van der Waals surface area contributed by atoms with E-state index in [1.54, 1.807) is 6.33 Å². The minimum atomic E-state index is 0.361. The summed E-state index contributed by atoms with van der Waals surface area (Å²) < 4.78 is 1.85. The lowest BCUT2D eigenvalue weighted by Gasteiger charge is -1.97. The van der Waals surface area contributed by atoms with E-state index >= 15 is 0 Å². The molecular weight excluding hydrogens is 162 g/mol. The van der Waals surface area contributed by atoms with Gasteiger partial charge in [0.25, 0.3) is 0 Å². The maximum Gasteiger partial charge on any atom is 0.111 e. The molecule has 1 heterocycles. The van der Waals surface area contributed by atoms with Crippen LogP contribution < -0.4 is 0 Å². The second-order valence-electron chi connectivity index (χ2n) is 3.02. The summed E-state index contributed by atoms with van der Waals surface area (Å²) in [5.74, 6) is 0. The normalized spacial score (nSPS) is 10.2. The van der Waals surface area contributed by atoms with Crippen molar-refractivity contribution in [2.24, 2.45) is 0 Å². The van der Waals surface area contributed by atoms with E-state index in [1.807, 2.05) is 29.7 Å². The molecule has 2 aromatic rings. The number of nitriles is 1. The van der Waals surface area contributed by atoms with Gasteiger partial charge >= 0.3 is 0 Å². The fourth-order valence-corrected chi connectivity index (χ4v) is 1.37. The maximum atomic E-state index is 8.57. The third kappa shape index (κ3) is 1.27. The molecule has 0 saturated carbocycles. The van der Waals surface area contributed by atoms with E-state index in [0.29, 0.717) is 6.54 Å². The number of nitrogens with zero attached hydrogens (tertiary/aromatic N) is 3. The van der Waals surface area contributed by atoms with Gasteiger partial charge in [-0.05, 0) is 24.6 Å². The quantitative estimate of drug-likeness (QED) is 0.657. The zero-order valence-corrected chi connectivity index (χ0v) is 7.36. The number of fused-ring (bicyclic) bond motifs is 1. The van der Waals surface area contributed by atoms with Crippen LogP contribution in [0, 0.1) is 18.3 Å². The monoisotopic (exact) mass is 171 g/mol. The second-order valence-corrected chi connectivity index (χ2v) is 3.02. The Morgan fingerprint density at radius 1 is 1.54 bits per heavy atom. The van der Waals surface area contributed by atoms with E-state index in [2.05, 4.69) is 11.1 Å². The topological polar surface area (TPSA) is 41.6 Å². The van der Waals surface area contributed by atoms with Gasteiger partial charge in [0.05, 0.1) is 23.4 Å². The molecule has 0 spiro atoms. The van der Waals surface area contributed by atoms with Crippen molar-refractivity contribution in [3.63, 3.8) is 0 Å². The maximum absolute atomic E-state index is 8.57. The first kappa shape index (κ1) is 7.81. The summed E-state index contributed by atoms with van der Waals surface area (Å²) in [5.41, 5.74) is 3.16. The minimum absolute atomic E-state index is 0.361. The Balaban J connectivity index is 2.66. The van der Waals surface area contributed by atoms with Crippen molar-refractivity contribution in [2.75, 3.05) is 0 Å². The van der Waals surface area contributed by atoms with Crippen LogP contribution in [0.2, 0.25) is 0 Å². The number of imidazole rings is 1. The van der Waals surface area contributed by atoms with E-state index in [-0.39, 0.29) is 0 Å². The molecular formula is C10H9N3. The summed E-state index contributed by atoms with van der Waals surface area (Å²) in [4.78, 5) is 4.19. The van der Waals surface area contributed by atoms with E-state index in [0.717, 1.165) is 11.0 Å². The van der Waals surface area contributed by atoms with Crippen LogP contribution in [0.25, 0.3) is 11.0 Å². The fraction of sp³-hybridized carbons (Fsp3) is 0.200. The van der Waals surface area contributed by atoms with Crippen LogP contribution in [0.3, 0.4) is 0 Å². The van der Waals surface area contributed by atoms with Crippen molar-refractivity contribution in [1.82, 2.24) is 9.55 Å². The largest absolute Gasteiger partial charge is 0.317 e. The summed E-state index contributed by atoms with van der Waals surface area (Å²) in [5, 5.41) is 8.57. The minimum Gasteiger partial charge on any atom is -0.317 e. The molecule has 3 nitrogen and oxygen atoms in total. The Labute approximate surface area is 76.2 Å². The molecule has 0 aliphatic rings. The van der Waals surface area contributed by atoms with Crippen LogP contribution in [0.1, 0.15) is 5.56 Å². The van der Waals surface area contributed by atoms with Crippen LogP contribution in [0.5, 0.6) is 0 Å². The smallest absolute Gasteiger partial charge is 0.111 e. The van der Waals surface area contributed by atoms with Gasteiger partial charge in [-0.2, -0.15) is 5.26 Å². The number of benzene rings is 1. The van der Waals surface area contributed by atoms with Crippen molar-refractivity contribution in [3.05, 3.63) is 30.1 Å². The lowest BCUT2D eigenvalue weighted by molar-refractivity contribution is 0.859. The van der Waals surface area contributed by atoms with E-state index in [1.165, 1.54) is 5.56 Å². The average Bonchev–Trinajstić information content (AvgIpc) is 2.49. The number of aryl methyl sites for hydroxylation is 1. The molecule has 0 aliphatic heterocycles. The molecule has 0 saturated heterocycles. The van der Waals surface area contributed by atoms with Gasteiger partial charge in [0.2, 0.25) is 0 Å². The molecule has 64 valence electrons. The van der Waals surface area contributed by atoms with E-state index in [9.17, 15) is 0 Å². The first-order chi connectivity index (χ1) is 6.31. The van der Waals surface area contributed by atoms with Gasteiger partial charge < -0.3 is 4.57 Å². The summed E-state index contributed by atoms with van der Waals surface area (Å²) in [6.45, 7) is 2.39. The van der Waals surface area contributed by atoms with Crippen LogP contribution in [0.15, 0.2) is 24.5 Å². The van der Waals surface area contributed by atoms with Crippen molar-refractivity contribution >= 4 is 11.0 Å².